The molecule has 1 aromatic heterocycles. The molecule has 5 heteroatoms. The lowest BCUT2D eigenvalue weighted by molar-refractivity contribution is -0.120. The monoisotopic (exact) mass is 310 g/mol. The molecule has 2 N–H and O–H groups in total. The molecule has 3 nitrogen and oxygen atoms in total. The Morgan fingerprint density at radius 3 is 3.00 bits per heavy atom. The van der Waals surface area contributed by atoms with Crippen molar-refractivity contribution < 1.29 is 4.79 Å². The van der Waals surface area contributed by atoms with Crippen molar-refractivity contribution in [3.63, 3.8) is 0 Å². The predicted octanol–water partition coefficient (Wildman–Crippen LogP) is 3.25. The molecule has 0 aliphatic heterocycles. The summed E-state index contributed by atoms with van der Waals surface area (Å²) < 4.78 is 0. The third-order valence-electron chi connectivity index (χ3n) is 3.89. The van der Waals surface area contributed by atoms with E-state index < -0.39 is 4.84 Å². The molecular weight excluding hydrogens is 295 g/mol. The smallest absolute Gasteiger partial charge is 0.253 e. The molecule has 3 rings (SSSR count). The Bertz CT molecular complexity index is 663. The van der Waals surface area contributed by atoms with Crippen LogP contribution in [0.25, 0.3) is 10.9 Å². The van der Waals surface area contributed by atoms with Gasteiger partial charge >= 0.3 is 0 Å². The summed E-state index contributed by atoms with van der Waals surface area (Å²) in [5, 5.41) is 4.20. The largest absolute Gasteiger partial charge is 0.358 e. The normalized spacial score (nSPS) is 18.3. The maximum atomic E-state index is 11.6. The molecule has 1 aliphatic carbocycles. The Morgan fingerprint density at radius 2 is 2.25 bits per heavy atom. The molecule has 0 saturated carbocycles. The second kappa shape index (κ2) is 5.30. The van der Waals surface area contributed by atoms with E-state index >= 15 is 0 Å². The molecular formula is C15H16Cl2N2O. The summed E-state index contributed by atoms with van der Waals surface area (Å²) >= 11 is 11.1. The van der Waals surface area contributed by atoms with Gasteiger partial charge in [-0.15, -0.1) is 0 Å². The molecule has 1 aromatic carbocycles. The highest BCUT2D eigenvalue weighted by atomic mass is 35.5. The number of H-pyrrole nitrogens is 1. The van der Waals surface area contributed by atoms with Gasteiger partial charge in [0.15, 0.2) is 4.84 Å². The number of fused-ring (bicyclic) bond motifs is 3. The van der Waals surface area contributed by atoms with Crippen LogP contribution in [0.15, 0.2) is 18.2 Å². The summed E-state index contributed by atoms with van der Waals surface area (Å²) in [5.41, 5.74) is 5.02. The number of rotatable bonds is 2. The fourth-order valence-electron chi connectivity index (χ4n) is 2.93. The van der Waals surface area contributed by atoms with Gasteiger partial charge < -0.3 is 10.3 Å². The van der Waals surface area contributed by atoms with Crippen molar-refractivity contribution in [2.45, 2.75) is 37.1 Å². The first-order chi connectivity index (χ1) is 9.54. The van der Waals surface area contributed by atoms with Gasteiger partial charge in [0.25, 0.3) is 5.91 Å². The summed E-state index contributed by atoms with van der Waals surface area (Å²) in [6.07, 6.45) is 2.68. The number of carbonyl (C=O) groups excluding carboxylic acids is 1. The van der Waals surface area contributed by atoms with Gasteiger partial charge in [0.2, 0.25) is 0 Å². The van der Waals surface area contributed by atoms with Crippen LogP contribution < -0.4 is 5.32 Å². The van der Waals surface area contributed by atoms with Gasteiger partial charge in [-0.2, -0.15) is 0 Å². The highest BCUT2D eigenvalue weighted by Crippen LogP contribution is 2.29. The van der Waals surface area contributed by atoms with Crippen molar-refractivity contribution in [2.75, 3.05) is 0 Å². The number of aromatic nitrogens is 1. The zero-order valence-electron chi connectivity index (χ0n) is 11.2. The predicted molar refractivity (Wildman–Crippen MR) is 82.5 cm³/mol. The van der Waals surface area contributed by atoms with Gasteiger partial charge in [0, 0.05) is 29.1 Å². The quantitative estimate of drug-likeness (QED) is 0.822. The molecule has 0 radical (unpaired) electrons. The van der Waals surface area contributed by atoms with E-state index in [-0.39, 0.29) is 11.9 Å². The van der Waals surface area contributed by atoms with E-state index in [4.69, 9.17) is 23.2 Å². The molecule has 20 heavy (non-hydrogen) atoms. The van der Waals surface area contributed by atoms with E-state index in [1.165, 1.54) is 27.7 Å². The maximum absolute atomic E-state index is 11.6. The van der Waals surface area contributed by atoms with Gasteiger partial charge in [0.1, 0.15) is 0 Å². The van der Waals surface area contributed by atoms with Crippen molar-refractivity contribution in [2.24, 2.45) is 0 Å². The maximum Gasteiger partial charge on any atom is 0.253 e. The second-order valence-electron chi connectivity index (χ2n) is 5.38. The Hall–Kier alpha value is -1.19. The molecule has 2 aromatic rings. The molecule has 1 atom stereocenters. The van der Waals surface area contributed by atoms with Crippen molar-refractivity contribution in [3.8, 4) is 0 Å². The fourth-order valence-corrected chi connectivity index (χ4v) is 3.06. The lowest BCUT2D eigenvalue weighted by atomic mass is 9.91. The Balaban J connectivity index is 1.85. The number of alkyl halides is 2. The minimum atomic E-state index is -0.998. The van der Waals surface area contributed by atoms with Crippen LogP contribution in [-0.4, -0.2) is 21.8 Å². The number of hydrogen-bond acceptors (Lipinski definition) is 1. The van der Waals surface area contributed by atoms with Gasteiger partial charge in [0.05, 0.1) is 0 Å². The van der Waals surface area contributed by atoms with Gasteiger partial charge in [-0.1, -0.05) is 34.8 Å². The third kappa shape index (κ3) is 2.52. The van der Waals surface area contributed by atoms with E-state index in [0.29, 0.717) is 0 Å². The van der Waals surface area contributed by atoms with E-state index in [2.05, 4.69) is 35.4 Å². The van der Waals surface area contributed by atoms with Gasteiger partial charge in [-0.25, -0.2) is 0 Å². The average Bonchev–Trinajstić information content (AvgIpc) is 2.75. The SMILES string of the molecule is Cc1ccc2[nH]c3c(c2c1)CCC(NC(=O)C(Cl)Cl)C3. The first kappa shape index (κ1) is 13.8. The van der Waals surface area contributed by atoms with Crippen LogP contribution in [0.4, 0.5) is 0 Å². The van der Waals surface area contributed by atoms with Crippen LogP contribution in [-0.2, 0) is 17.6 Å². The average molecular weight is 311 g/mol. The summed E-state index contributed by atoms with van der Waals surface area (Å²) in [5.74, 6) is -0.311. The third-order valence-corrected chi connectivity index (χ3v) is 4.28. The first-order valence-corrected chi connectivity index (χ1v) is 7.60. The highest BCUT2D eigenvalue weighted by molar-refractivity contribution is 6.53. The van der Waals surface area contributed by atoms with Crippen molar-refractivity contribution in [1.29, 1.82) is 0 Å². The number of carbonyl (C=O) groups is 1. The lowest BCUT2D eigenvalue weighted by Crippen LogP contribution is -2.41. The topological polar surface area (TPSA) is 44.9 Å². The minimum Gasteiger partial charge on any atom is -0.358 e. The number of amides is 1. The van der Waals surface area contributed by atoms with E-state index in [9.17, 15) is 4.79 Å². The number of hydrogen-bond donors (Lipinski definition) is 2. The number of aryl methyl sites for hydroxylation is 2. The van der Waals surface area contributed by atoms with Crippen molar-refractivity contribution in [1.82, 2.24) is 10.3 Å². The first-order valence-electron chi connectivity index (χ1n) is 6.73. The van der Waals surface area contributed by atoms with Crippen LogP contribution in [0, 0.1) is 6.92 Å². The molecule has 1 amide bonds. The van der Waals surface area contributed by atoms with E-state index in [1.54, 1.807) is 0 Å². The Labute approximate surface area is 127 Å². The van der Waals surface area contributed by atoms with E-state index in [0.717, 1.165) is 19.3 Å². The minimum absolute atomic E-state index is 0.101. The van der Waals surface area contributed by atoms with Crippen LogP contribution in [0.2, 0.25) is 0 Å². The molecule has 106 valence electrons. The van der Waals surface area contributed by atoms with Crippen LogP contribution in [0.5, 0.6) is 0 Å². The molecule has 0 fully saturated rings. The van der Waals surface area contributed by atoms with Crippen LogP contribution >= 0.6 is 23.2 Å². The van der Waals surface area contributed by atoms with E-state index in [1.807, 2.05) is 0 Å². The number of halogens is 2. The number of benzene rings is 1. The Kier molecular flexibility index (Phi) is 3.65. The summed E-state index contributed by atoms with van der Waals surface area (Å²) in [7, 11) is 0. The molecule has 1 unspecified atom stereocenters. The lowest BCUT2D eigenvalue weighted by Gasteiger charge is -2.23. The fraction of sp³-hybridized carbons (Fsp3) is 0.400. The highest BCUT2D eigenvalue weighted by Gasteiger charge is 2.24. The van der Waals surface area contributed by atoms with Crippen molar-refractivity contribution in [3.05, 3.63) is 35.0 Å². The summed E-state index contributed by atoms with van der Waals surface area (Å²) in [6, 6.07) is 6.54. The molecule has 0 bridgehead atoms. The van der Waals surface area contributed by atoms with Crippen molar-refractivity contribution >= 4 is 40.0 Å². The Morgan fingerprint density at radius 1 is 1.45 bits per heavy atom. The summed E-state index contributed by atoms with van der Waals surface area (Å²) in [4.78, 5) is 14.0. The summed E-state index contributed by atoms with van der Waals surface area (Å²) in [6.45, 7) is 2.10. The number of nitrogens with one attached hydrogen (secondary N) is 2. The molecule has 0 saturated heterocycles. The van der Waals surface area contributed by atoms with Gasteiger partial charge in [-0.3, -0.25) is 4.79 Å². The van der Waals surface area contributed by atoms with Gasteiger partial charge in [-0.05, 0) is 37.5 Å². The van der Waals surface area contributed by atoms with Crippen LogP contribution in [0.3, 0.4) is 0 Å². The zero-order valence-corrected chi connectivity index (χ0v) is 12.7. The number of aromatic amines is 1. The van der Waals surface area contributed by atoms with Crippen LogP contribution in [0.1, 0.15) is 23.2 Å². The standard InChI is InChI=1S/C15H16Cl2N2O/c1-8-2-5-12-11(6-8)10-4-3-9(7-13(10)19-12)18-15(20)14(16)17/h2,5-6,9,14,19H,3-4,7H2,1H3,(H,18,20). The molecule has 1 aliphatic rings. The second-order valence-corrected chi connectivity index (χ2v) is 6.48. The molecule has 0 spiro atoms. The zero-order chi connectivity index (χ0) is 14.3. The molecule has 1 heterocycles.